The van der Waals surface area contributed by atoms with E-state index in [2.05, 4.69) is 22.9 Å². The lowest BCUT2D eigenvalue weighted by Crippen LogP contribution is -2.67. The Hall–Kier alpha value is -2.13. The minimum Gasteiger partial charge on any atom is -0.458 e. The Labute approximate surface area is 335 Å². The first kappa shape index (κ1) is 45.0. The number of fused-ring (bicyclic) bond motifs is 5. The first-order valence-electron chi connectivity index (χ1n) is 21.8. The second kappa shape index (κ2) is 21.8. The Bertz CT molecular complexity index is 1300. The number of nitrogens with one attached hydrogen (secondary N) is 3. The number of hydrogen-bond donors (Lipinski definition) is 5. The van der Waals surface area contributed by atoms with Gasteiger partial charge in [-0.2, -0.15) is 0 Å². The average Bonchev–Trinajstić information content (AvgIpc) is 3.74. The molecular formula is C43H73N3O10. The van der Waals surface area contributed by atoms with Crippen molar-refractivity contribution in [3.8, 4) is 0 Å². The standard InChI is InChI=1S/C43H73N3O10/c1-41-15-13-33(27-32(41)11-12-35-36(41)28-37(47)42(2)34(14-16-43(35,42)51)31-26-40(50)56-29-31)55-30-39(49)46-18-7-5-4-6-10-38(48)45-19-9-21-53-23-25-54-24-22-52-20-8-17-44-3/h26,32-37,44,47,51H,4-25,27-30H2,1-3H3,(H,45,48)(H,46,49)/t32?,33-,34+,35?,36?,37+,41-,42-,43-/m0/s1. The molecular weight excluding hydrogens is 718 g/mol. The molecule has 5 aliphatic rings. The smallest absolute Gasteiger partial charge is 0.331 e. The molecule has 0 aromatic rings. The highest BCUT2D eigenvalue weighted by Crippen LogP contribution is 2.70. The molecule has 13 nitrogen and oxygen atoms in total. The van der Waals surface area contributed by atoms with Crippen molar-refractivity contribution in [1.82, 2.24) is 16.0 Å². The number of cyclic esters (lactones) is 1. The van der Waals surface area contributed by atoms with E-state index in [1.54, 1.807) is 6.08 Å². The number of amides is 2. The van der Waals surface area contributed by atoms with Crippen molar-refractivity contribution < 1.29 is 48.3 Å². The third-order valence-corrected chi connectivity index (χ3v) is 14.4. The fraction of sp³-hybridized carbons (Fsp3) is 0.884. The number of aliphatic hydroxyl groups excluding tert-OH is 1. The zero-order valence-electron chi connectivity index (χ0n) is 34.6. The highest BCUT2D eigenvalue weighted by Gasteiger charge is 2.70. The average molecular weight is 792 g/mol. The Morgan fingerprint density at radius 1 is 0.804 bits per heavy atom. The van der Waals surface area contributed by atoms with E-state index < -0.39 is 17.1 Å². The normalized spacial score (nSPS) is 33.6. The van der Waals surface area contributed by atoms with E-state index in [-0.39, 0.29) is 60.3 Å². The van der Waals surface area contributed by atoms with Gasteiger partial charge >= 0.3 is 5.97 Å². The molecule has 9 atom stereocenters. The van der Waals surface area contributed by atoms with E-state index in [0.717, 1.165) is 95.8 Å². The van der Waals surface area contributed by atoms with Gasteiger partial charge in [0.15, 0.2) is 0 Å². The lowest BCUT2D eigenvalue weighted by molar-refractivity contribution is -0.245. The Morgan fingerprint density at radius 3 is 2.20 bits per heavy atom. The summed E-state index contributed by atoms with van der Waals surface area (Å²) in [7, 11) is 1.93. The molecule has 5 rings (SSSR count). The van der Waals surface area contributed by atoms with Gasteiger partial charge < -0.3 is 49.8 Å². The summed E-state index contributed by atoms with van der Waals surface area (Å²) in [5.41, 5.74) is -0.752. The van der Waals surface area contributed by atoms with Crippen LogP contribution in [0.3, 0.4) is 0 Å². The van der Waals surface area contributed by atoms with Gasteiger partial charge in [0.2, 0.25) is 11.8 Å². The molecule has 1 aliphatic heterocycles. The molecule has 0 saturated heterocycles. The number of carbonyl (C=O) groups excluding carboxylic acids is 3. The number of esters is 1. The summed E-state index contributed by atoms with van der Waals surface area (Å²) >= 11 is 0. The maximum absolute atomic E-state index is 12.6. The van der Waals surface area contributed by atoms with Crippen molar-refractivity contribution in [2.24, 2.45) is 34.5 Å². The topological polar surface area (TPSA) is 174 Å². The molecule has 5 N–H and O–H groups in total. The van der Waals surface area contributed by atoms with Gasteiger partial charge in [-0.1, -0.05) is 26.7 Å². The molecule has 4 saturated carbocycles. The van der Waals surface area contributed by atoms with E-state index >= 15 is 0 Å². The van der Waals surface area contributed by atoms with Crippen molar-refractivity contribution in [2.45, 2.75) is 128 Å². The van der Waals surface area contributed by atoms with Crippen LogP contribution in [-0.2, 0) is 38.1 Å². The van der Waals surface area contributed by atoms with Crippen LogP contribution in [0.2, 0.25) is 0 Å². The quantitative estimate of drug-likeness (QED) is 0.0672. The minimum absolute atomic E-state index is 0.000535. The van der Waals surface area contributed by atoms with Gasteiger partial charge in [-0.05, 0) is 125 Å². The molecule has 13 heteroatoms. The molecule has 0 radical (unpaired) electrons. The number of unbranched alkanes of at least 4 members (excludes halogenated alkanes) is 3. The second-order valence-electron chi connectivity index (χ2n) is 17.6. The van der Waals surface area contributed by atoms with E-state index in [4.69, 9.17) is 23.7 Å². The Kier molecular flexibility index (Phi) is 17.5. The van der Waals surface area contributed by atoms with Crippen LogP contribution in [0.15, 0.2) is 11.6 Å². The van der Waals surface area contributed by atoms with Crippen LogP contribution < -0.4 is 16.0 Å². The fourth-order valence-corrected chi connectivity index (χ4v) is 11.1. The SMILES string of the molecule is CNCCCOCCOCCOCCCNC(=O)CCCCCCNC(=O)CO[C@H]1CC[C@@]2(C)C(CCC3C2C[C@@H](O)[C@]2(C)[C@@H](C4=CC(=O)OC4)CC[C@]32O)C1. The Balaban J connectivity index is 0.873. The number of ether oxygens (including phenoxy) is 5. The summed E-state index contributed by atoms with van der Waals surface area (Å²) in [5.74, 6) is 0.363. The molecule has 4 aliphatic carbocycles. The summed E-state index contributed by atoms with van der Waals surface area (Å²) in [6.45, 7) is 10.5. The molecule has 2 amide bonds. The second-order valence-corrected chi connectivity index (χ2v) is 17.6. The number of rotatable bonds is 25. The molecule has 3 unspecified atom stereocenters. The molecule has 4 fully saturated rings. The third-order valence-electron chi connectivity index (χ3n) is 14.4. The number of aliphatic hydroxyl groups is 2. The van der Waals surface area contributed by atoms with Crippen LogP contribution in [0.5, 0.6) is 0 Å². The summed E-state index contributed by atoms with van der Waals surface area (Å²) in [6.07, 6.45) is 13.5. The van der Waals surface area contributed by atoms with E-state index in [9.17, 15) is 24.6 Å². The predicted molar refractivity (Wildman–Crippen MR) is 212 cm³/mol. The van der Waals surface area contributed by atoms with E-state index in [1.165, 1.54) is 0 Å². The highest BCUT2D eigenvalue weighted by molar-refractivity contribution is 5.85. The zero-order valence-corrected chi connectivity index (χ0v) is 34.6. The molecule has 320 valence electrons. The molecule has 0 aromatic carbocycles. The van der Waals surface area contributed by atoms with Gasteiger partial charge in [-0.3, -0.25) is 9.59 Å². The number of hydrogen-bond acceptors (Lipinski definition) is 11. The fourth-order valence-electron chi connectivity index (χ4n) is 11.1. The predicted octanol–water partition coefficient (Wildman–Crippen LogP) is 3.83. The van der Waals surface area contributed by atoms with Crippen LogP contribution in [0.1, 0.15) is 110 Å². The van der Waals surface area contributed by atoms with Gasteiger partial charge in [0.1, 0.15) is 13.2 Å². The summed E-state index contributed by atoms with van der Waals surface area (Å²) in [5, 5.41) is 33.3. The van der Waals surface area contributed by atoms with Gasteiger partial charge in [0.25, 0.3) is 0 Å². The lowest BCUT2D eigenvalue weighted by atomic mass is 9.42. The monoisotopic (exact) mass is 792 g/mol. The van der Waals surface area contributed by atoms with Crippen molar-refractivity contribution in [1.29, 1.82) is 0 Å². The van der Waals surface area contributed by atoms with Crippen molar-refractivity contribution in [2.75, 3.05) is 79.5 Å². The van der Waals surface area contributed by atoms with Gasteiger partial charge in [-0.25, -0.2) is 4.79 Å². The van der Waals surface area contributed by atoms with Gasteiger partial charge in [0.05, 0.1) is 44.2 Å². The van der Waals surface area contributed by atoms with Crippen LogP contribution >= 0.6 is 0 Å². The molecule has 1 heterocycles. The zero-order chi connectivity index (χ0) is 40.0. The summed E-state index contributed by atoms with van der Waals surface area (Å²) < 4.78 is 27.9. The minimum atomic E-state index is -0.976. The Morgan fingerprint density at radius 2 is 1.48 bits per heavy atom. The number of carbonyl (C=O) groups is 3. The summed E-state index contributed by atoms with van der Waals surface area (Å²) in [4.78, 5) is 36.7. The van der Waals surface area contributed by atoms with E-state index in [1.807, 2.05) is 14.0 Å². The van der Waals surface area contributed by atoms with Gasteiger partial charge in [0, 0.05) is 44.2 Å². The largest absolute Gasteiger partial charge is 0.458 e. The van der Waals surface area contributed by atoms with E-state index in [0.29, 0.717) is 71.3 Å². The highest BCUT2D eigenvalue weighted by atomic mass is 16.5. The molecule has 0 bridgehead atoms. The van der Waals surface area contributed by atoms with Crippen LogP contribution in [0.4, 0.5) is 0 Å². The van der Waals surface area contributed by atoms with Crippen molar-refractivity contribution in [3.63, 3.8) is 0 Å². The van der Waals surface area contributed by atoms with Crippen LogP contribution in [0.25, 0.3) is 0 Å². The molecule has 0 aromatic heterocycles. The van der Waals surface area contributed by atoms with Crippen molar-refractivity contribution >= 4 is 17.8 Å². The van der Waals surface area contributed by atoms with Crippen LogP contribution in [0, 0.1) is 34.5 Å². The third kappa shape index (κ3) is 11.1. The molecule has 56 heavy (non-hydrogen) atoms. The molecule has 0 spiro atoms. The van der Waals surface area contributed by atoms with Gasteiger partial charge in [-0.15, -0.1) is 0 Å². The van der Waals surface area contributed by atoms with Crippen LogP contribution in [-0.4, -0.2) is 125 Å². The lowest BCUT2D eigenvalue weighted by Gasteiger charge is -2.65. The van der Waals surface area contributed by atoms with Crippen molar-refractivity contribution in [3.05, 3.63) is 11.6 Å². The maximum Gasteiger partial charge on any atom is 0.331 e. The summed E-state index contributed by atoms with van der Waals surface area (Å²) in [6, 6.07) is 0. The first-order chi connectivity index (χ1) is 27.0. The first-order valence-corrected chi connectivity index (χ1v) is 21.8. The maximum atomic E-state index is 12.6.